The molecule has 0 aliphatic carbocycles. The molecular weight excluding hydrogens is 366 g/mol. The van der Waals surface area contributed by atoms with Gasteiger partial charge in [-0.3, -0.25) is 9.59 Å². The molecule has 8 heteroatoms. The maximum absolute atomic E-state index is 13.8. The van der Waals surface area contributed by atoms with E-state index in [1.165, 1.54) is 31.4 Å². The predicted octanol–water partition coefficient (Wildman–Crippen LogP) is 3.10. The molecule has 1 aliphatic heterocycles. The number of para-hydroxylation sites is 1. The number of carbonyl (C=O) groups excluding carboxylic acids is 2. The van der Waals surface area contributed by atoms with Crippen molar-refractivity contribution in [3.8, 4) is 5.75 Å². The van der Waals surface area contributed by atoms with Gasteiger partial charge in [0.2, 0.25) is 11.8 Å². The molecule has 0 saturated carbocycles. The van der Waals surface area contributed by atoms with Crippen molar-refractivity contribution in [3.63, 3.8) is 0 Å². The second-order valence-corrected chi connectivity index (χ2v) is 6.16. The lowest BCUT2D eigenvalue weighted by Gasteiger charge is -2.19. The fourth-order valence-electron chi connectivity index (χ4n) is 3.01. The lowest BCUT2D eigenvalue weighted by molar-refractivity contribution is -0.130. The van der Waals surface area contributed by atoms with Crippen LogP contribution in [0.15, 0.2) is 36.4 Å². The number of hydrogen-bond acceptors (Lipinski definition) is 3. The van der Waals surface area contributed by atoms with Crippen molar-refractivity contribution in [2.45, 2.75) is 5.92 Å². The summed E-state index contributed by atoms with van der Waals surface area (Å²) in [5, 5.41) is 5.01. The number of rotatable bonds is 4. The van der Waals surface area contributed by atoms with Crippen LogP contribution >= 0.6 is 11.6 Å². The average Bonchev–Trinajstić information content (AvgIpc) is 2.99. The van der Waals surface area contributed by atoms with Crippen LogP contribution in [0.3, 0.4) is 0 Å². The van der Waals surface area contributed by atoms with E-state index < -0.39 is 35.3 Å². The van der Waals surface area contributed by atoms with E-state index >= 15 is 0 Å². The maximum atomic E-state index is 13.8. The zero-order chi connectivity index (χ0) is 18.8. The van der Waals surface area contributed by atoms with Crippen LogP contribution in [0.5, 0.6) is 5.75 Å². The molecule has 136 valence electrons. The van der Waals surface area contributed by atoms with Crippen molar-refractivity contribution in [1.29, 1.82) is 0 Å². The highest BCUT2D eigenvalue weighted by Crippen LogP contribution is 2.39. The summed E-state index contributed by atoms with van der Waals surface area (Å²) in [6.45, 7) is 0.142. The third-order valence-electron chi connectivity index (χ3n) is 4.28. The second kappa shape index (κ2) is 7.29. The lowest BCUT2D eigenvalue weighted by Crippen LogP contribution is -2.32. The Hall–Kier alpha value is -2.67. The predicted molar refractivity (Wildman–Crippen MR) is 92.2 cm³/mol. The summed E-state index contributed by atoms with van der Waals surface area (Å²) in [6, 6.07) is 8.21. The molecule has 0 bridgehead atoms. The van der Waals surface area contributed by atoms with Crippen LogP contribution in [0.4, 0.5) is 14.5 Å². The Kier molecular flexibility index (Phi) is 5.08. The van der Waals surface area contributed by atoms with Gasteiger partial charge in [-0.15, -0.1) is 0 Å². The summed E-state index contributed by atoms with van der Waals surface area (Å²) < 4.78 is 32.5. The van der Waals surface area contributed by atoms with Crippen molar-refractivity contribution < 1.29 is 23.1 Å². The van der Waals surface area contributed by atoms with Gasteiger partial charge in [0.1, 0.15) is 11.7 Å². The highest BCUT2D eigenvalue weighted by Gasteiger charge is 2.42. The van der Waals surface area contributed by atoms with E-state index in [0.717, 1.165) is 6.07 Å². The Balaban J connectivity index is 1.92. The minimum atomic E-state index is -1.14. The van der Waals surface area contributed by atoms with Gasteiger partial charge in [0.05, 0.1) is 17.8 Å². The molecule has 3 rings (SSSR count). The highest BCUT2D eigenvalue weighted by atomic mass is 35.5. The fraction of sp³-hybridized carbons (Fsp3) is 0.222. The number of carbonyl (C=O) groups is 2. The van der Waals surface area contributed by atoms with Crippen molar-refractivity contribution in [3.05, 3.63) is 58.6 Å². The summed E-state index contributed by atoms with van der Waals surface area (Å²) in [6.07, 6.45) is 0. The van der Waals surface area contributed by atoms with Gasteiger partial charge in [0.25, 0.3) is 0 Å². The zero-order valence-electron chi connectivity index (χ0n) is 13.7. The maximum Gasteiger partial charge on any atom is 0.237 e. The topological polar surface area (TPSA) is 67.4 Å². The third-order valence-corrected chi connectivity index (χ3v) is 4.67. The van der Waals surface area contributed by atoms with Gasteiger partial charge in [-0.1, -0.05) is 29.8 Å². The van der Waals surface area contributed by atoms with E-state index in [2.05, 4.69) is 10.6 Å². The van der Waals surface area contributed by atoms with Crippen LogP contribution in [0.1, 0.15) is 11.5 Å². The van der Waals surface area contributed by atoms with Gasteiger partial charge >= 0.3 is 0 Å². The summed E-state index contributed by atoms with van der Waals surface area (Å²) in [5.74, 6) is -4.38. The molecule has 1 saturated heterocycles. The van der Waals surface area contributed by atoms with Crippen molar-refractivity contribution in [1.82, 2.24) is 5.32 Å². The Morgan fingerprint density at radius 3 is 2.65 bits per heavy atom. The summed E-state index contributed by atoms with van der Waals surface area (Å²) in [4.78, 5) is 24.8. The molecule has 0 unspecified atom stereocenters. The number of methoxy groups -OCH3 is 1. The number of anilines is 1. The number of ether oxygens (including phenoxy) is 1. The minimum absolute atomic E-state index is 0.00214. The molecule has 2 atom stereocenters. The molecule has 1 fully saturated rings. The molecule has 1 heterocycles. The van der Waals surface area contributed by atoms with Crippen molar-refractivity contribution in [2.24, 2.45) is 5.92 Å². The van der Waals surface area contributed by atoms with Gasteiger partial charge in [0, 0.05) is 12.5 Å². The third kappa shape index (κ3) is 3.22. The summed E-state index contributed by atoms with van der Waals surface area (Å²) in [7, 11) is 1.27. The number of benzene rings is 2. The van der Waals surface area contributed by atoms with E-state index in [4.69, 9.17) is 16.3 Å². The fourth-order valence-corrected chi connectivity index (χ4v) is 3.38. The van der Waals surface area contributed by atoms with Gasteiger partial charge in [-0.25, -0.2) is 8.78 Å². The minimum Gasteiger partial charge on any atom is -0.492 e. The molecule has 2 aromatic carbocycles. The van der Waals surface area contributed by atoms with Crippen LogP contribution in [0.25, 0.3) is 0 Å². The van der Waals surface area contributed by atoms with Crippen LogP contribution in [0.2, 0.25) is 5.02 Å². The number of nitrogens with one attached hydrogen (secondary N) is 2. The molecule has 2 amide bonds. The van der Waals surface area contributed by atoms with Crippen molar-refractivity contribution >= 4 is 29.1 Å². The number of amides is 2. The van der Waals surface area contributed by atoms with Crippen LogP contribution in [0, 0.1) is 17.6 Å². The molecule has 5 nitrogen and oxygen atoms in total. The largest absolute Gasteiger partial charge is 0.492 e. The van der Waals surface area contributed by atoms with E-state index in [1.54, 1.807) is 6.07 Å². The molecule has 2 aromatic rings. The molecule has 0 radical (unpaired) electrons. The standard InChI is InChI=1S/C18H15ClF2N2O3/c1-26-16-12(21)7-6-9(15(16)19)10-8-22-17(24)14(10)18(25)23-13-5-3-2-4-11(13)20/h2-7,10,14H,8H2,1H3,(H,22,24)(H,23,25)/t10-,14-/m1/s1. The molecule has 0 aromatic heterocycles. The quantitative estimate of drug-likeness (QED) is 0.801. The normalized spacial score (nSPS) is 19.2. The summed E-state index contributed by atoms with van der Waals surface area (Å²) >= 11 is 6.20. The number of halogens is 3. The Morgan fingerprint density at radius 2 is 1.96 bits per heavy atom. The smallest absolute Gasteiger partial charge is 0.237 e. The second-order valence-electron chi connectivity index (χ2n) is 5.78. The van der Waals surface area contributed by atoms with Gasteiger partial charge in [-0.05, 0) is 23.8 Å². The lowest BCUT2D eigenvalue weighted by atomic mass is 9.87. The van der Waals surface area contributed by atoms with Gasteiger partial charge < -0.3 is 15.4 Å². The van der Waals surface area contributed by atoms with Crippen LogP contribution < -0.4 is 15.4 Å². The van der Waals surface area contributed by atoms with E-state index in [-0.39, 0.29) is 23.0 Å². The Morgan fingerprint density at radius 1 is 1.23 bits per heavy atom. The van der Waals surface area contributed by atoms with E-state index in [9.17, 15) is 18.4 Å². The van der Waals surface area contributed by atoms with Crippen LogP contribution in [-0.4, -0.2) is 25.5 Å². The first-order chi connectivity index (χ1) is 12.4. The van der Waals surface area contributed by atoms with Gasteiger partial charge in [0.15, 0.2) is 11.6 Å². The molecule has 1 aliphatic rings. The first kappa shape index (κ1) is 18.1. The molecule has 0 spiro atoms. The highest BCUT2D eigenvalue weighted by molar-refractivity contribution is 6.33. The number of hydrogen-bond donors (Lipinski definition) is 2. The van der Waals surface area contributed by atoms with E-state index in [0.29, 0.717) is 5.56 Å². The summed E-state index contributed by atoms with van der Waals surface area (Å²) in [5.41, 5.74) is 0.371. The average molecular weight is 381 g/mol. The SMILES string of the molecule is COc1c(F)ccc([C@H]2CNC(=O)[C@@H]2C(=O)Nc2ccccc2F)c1Cl. The molecular formula is C18H15ClF2N2O3. The zero-order valence-corrected chi connectivity index (χ0v) is 14.4. The van der Waals surface area contributed by atoms with Crippen molar-refractivity contribution in [2.75, 3.05) is 19.0 Å². The first-order valence-corrected chi connectivity index (χ1v) is 8.16. The molecule has 26 heavy (non-hydrogen) atoms. The molecule has 2 N–H and O–H groups in total. The first-order valence-electron chi connectivity index (χ1n) is 7.79. The monoisotopic (exact) mass is 380 g/mol. The van der Waals surface area contributed by atoms with Crippen LogP contribution in [-0.2, 0) is 9.59 Å². The van der Waals surface area contributed by atoms with Gasteiger partial charge in [-0.2, -0.15) is 0 Å². The van der Waals surface area contributed by atoms with E-state index in [1.807, 2.05) is 0 Å². The Labute approximate surface area is 153 Å². The Bertz CT molecular complexity index is 876.